The van der Waals surface area contributed by atoms with Crippen molar-refractivity contribution in [1.29, 1.82) is 0 Å². The van der Waals surface area contributed by atoms with Crippen LogP contribution in [0.5, 0.6) is 5.75 Å². The van der Waals surface area contributed by atoms with Gasteiger partial charge in [0.25, 0.3) is 0 Å². The van der Waals surface area contributed by atoms with Gasteiger partial charge >= 0.3 is 5.97 Å². The number of carbonyl (C=O) groups is 1. The van der Waals surface area contributed by atoms with Crippen LogP contribution in [0.1, 0.15) is 11.1 Å². The summed E-state index contributed by atoms with van der Waals surface area (Å²) in [5, 5.41) is 0. The molecule has 0 saturated heterocycles. The Morgan fingerprint density at radius 2 is 2.33 bits per heavy atom. The molecule has 0 aromatic heterocycles. The minimum Gasteiger partial charge on any atom is -0.492 e. The first-order chi connectivity index (χ1) is 7.20. The summed E-state index contributed by atoms with van der Waals surface area (Å²) in [7, 11) is 1.41. The van der Waals surface area contributed by atoms with Crippen LogP contribution < -0.4 is 4.74 Å². The topological polar surface area (TPSA) is 35.5 Å². The van der Waals surface area contributed by atoms with E-state index in [0.29, 0.717) is 13.0 Å². The number of methoxy groups -OCH3 is 1. The smallest absolute Gasteiger partial charge is 0.312 e. The van der Waals surface area contributed by atoms with Gasteiger partial charge in [0, 0.05) is 0 Å². The Bertz CT molecular complexity index is 384. The summed E-state index contributed by atoms with van der Waals surface area (Å²) < 4.78 is 10.2. The Labute approximate surface area is 89.0 Å². The molecule has 0 radical (unpaired) electrons. The molecule has 0 fully saturated rings. The fraction of sp³-hybridized carbons (Fsp3) is 0.417. The maximum Gasteiger partial charge on any atom is 0.312 e. The van der Waals surface area contributed by atoms with Crippen LogP contribution in [0.25, 0.3) is 0 Å². The van der Waals surface area contributed by atoms with Gasteiger partial charge in [-0.25, -0.2) is 0 Å². The molecule has 1 atom stereocenters. The zero-order chi connectivity index (χ0) is 10.8. The van der Waals surface area contributed by atoms with Crippen molar-refractivity contribution in [3.8, 4) is 5.75 Å². The highest BCUT2D eigenvalue weighted by Crippen LogP contribution is 2.28. The highest BCUT2D eigenvalue weighted by molar-refractivity contribution is 5.73. The molecule has 15 heavy (non-hydrogen) atoms. The molecule has 2 rings (SSSR count). The van der Waals surface area contributed by atoms with Crippen molar-refractivity contribution >= 4 is 5.97 Å². The van der Waals surface area contributed by atoms with E-state index in [1.807, 2.05) is 19.1 Å². The molecular weight excluding hydrogens is 192 g/mol. The van der Waals surface area contributed by atoms with E-state index < -0.39 is 0 Å². The number of carbonyl (C=O) groups excluding carboxylic acids is 1. The van der Waals surface area contributed by atoms with Crippen molar-refractivity contribution in [1.82, 2.24) is 0 Å². The SMILES string of the molecule is COC(=O)C1COc2ccc(C)cc2C1. The van der Waals surface area contributed by atoms with E-state index in [9.17, 15) is 4.79 Å². The van der Waals surface area contributed by atoms with Gasteiger partial charge in [0.2, 0.25) is 0 Å². The van der Waals surface area contributed by atoms with Gasteiger partial charge in [0.1, 0.15) is 12.4 Å². The Morgan fingerprint density at radius 1 is 1.53 bits per heavy atom. The monoisotopic (exact) mass is 206 g/mol. The van der Waals surface area contributed by atoms with E-state index in [-0.39, 0.29) is 11.9 Å². The first-order valence-electron chi connectivity index (χ1n) is 5.01. The molecule has 0 N–H and O–H groups in total. The second kappa shape index (κ2) is 3.93. The van der Waals surface area contributed by atoms with Gasteiger partial charge in [-0.2, -0.15) is 0 Å². The Balaban J connectivity index is 2.22. The van der Waals surface area contributed by atoms with Gasteiger partial charge < -0.3 is 9.47 Å². The Hall–Kier alpha value is -1.51. The largest absolute Gasteiger partial charge is 0.492 e. The van der Waals surface area contributed by atoms with Crippen LogP contribution in [0.4, 0.5) is 0 Å². The van der Waals surface area contributed by atoms with Crippen molar-refractivity contribution < 1.29 is 14.3 Å². The first-order valence-corrected chi connectivity index (χ1v) is 5.01. The third-order valence-corrected chi connectivity index (χ3v) is 2.66. The summed E-state index contributed by atoms with van der Waals surface area (Å²) in [6, 6.07) is 6.03. The zero-order valence-corrected chi connectivity index (χ0v) is 8.95. The summed E-state index contributed by atoms with van der Waals surface area (Å²) in [6.45, 7) is 2.45. The summed E-state index contributed by atoms with van der Waals surface area (Å²) in [5.41, 5.74) is 2.28. The van der Waals surface area contributed by atoms with E-state index in [0.717, 1.165) is 11.3 Å². The zero-order valence-electron chi connectivity index (χ0n) is 8.95. The number of hydrogen-bond donors (Lipinski definition) is 0. The normalized spacial score (nSPS) is 18.9. The fourth-order valence-corrected chi connectivity index (χ4v) is 1.84. The number of ether oxygens (including phenoxy) is 2. The van der Waals surface area contributed by atoms with Crippen molar-refractivity contribution in [3.63, 3.8) is 0 Å². The lowest BCUT2D eigenvalue weighted by atomic mass is 9.96. The van der Waals surface area contributed by atoms with E-state index >= 15 is 0 Å². The van der Waals surface area contributed by atoms with Gasteiger partial charge in [0.05, 0.1) is 13.0 Å². The summed E-state index contributed by atoms with van der Waals surface area (Å²) in [4.78, 5) is 11.4. The molecule has 1 aromatic rings. The molecule has 1 aromatic carbocycles. The maximum atomic E-state index is 11.4. The standard InChI is InChI=1S/C12H14O3/c1-8-3-4-11-9(5-8)6-10(7-15-11)12(13)14-2/h3-5,10H,6-7H2,1-2H3. The molecule has 0 amide bonds. The Morgan fingerprint density at radius 3 is 3.07 bits per heavy atom. The molecule has 1 heterocycles. The number of aryl methyl sites for hydroxylation is 1. The Kier molecular flexibility index (Phi) is 2.62. The molecule has 1 unspecified atom stereocenters. The predicted molar refractivity (Wildman–Crippen MR) is 55.9 cm³/mol. The minimum absolute atomic E-state index is 0.163. The average Bonchev–Trinajstić information content (AvgIpc) is 2.27. The highest BCUT2D eigenvalue weighted by Gasteiger charge is 2.26. The molecule has 0 spiro atoms. The van der Waals surface area contributed by atoms with Gasteiger partial charge in [0.15, 0.2) is 0 Å². The molecule has 0 bridgehead atoms. The second-order valence-electron chi connectivity index (χ2n) is 3.85. The minimum atomic E-state index is -0.192. The maximum absolute atomic E-state index is 11.4. The third-order valence-electron chi connectivity index (χ3n) is 2.66. The lowest BCUT2D eigenvalue weighted by Crippen LogP contribution is -2.29. The first kappa shape index (κ1) is 10.0. The van der Waals surface area contributed by atoms with Crippen molar-refractivity contribution in [2.24, 2.45) is 5.92 Å². The number of benzene rings is 1. The predicted octanol–water partition coefficient (Wildman–Crippen LogP) is 1.72. The third kappa shape index (κ3) is 1.96. The highest BCUT2D eigenvalue weighted by atomic mass is 16.5. The summed E-state index contributed by atoms with van der Waals surface area (Å²) >= 11 is 0. The lowest BCUT2D eigenvalue weighted by Gasteiger charge is -2.23. The number of esters is 1. The van der Waals surface area contributed by atoms with E-state index in [2.05, 4.69) is 6.07 Å². The second-order valence-corrected chi connectivity index (χ2v) is 3.85. The molecule has 80 valence electrons. The van der Waals surface area contributed by atoms with Crippen molar-refractivity contribution in [3.05, 3.63) is 29.3 Å². The van der Waals surface area contributed by atoms with Crippen LogP contribution in [0.15, 0.2) is 18.2 Å². The molecule has 1 aliphatic heterocycles. The number of fused-ring (bicyclic) bond motifs is 1. The van der Waals surface area contributed by atoms with Crippen molar-refractivity contribution in [2.75, 3.05) is 13.7 Å². The molecule has 3 heteroatoms. The molecular formula is C12H14O3. The molecule has 0 aliphatic carbocycles. The average molecular weight is 206 g/mol. The van der Waals surface area contributed by atoms with Crippen LogP contribution in [0, 0.1) is 12.8 Å². The quantitative estimate of drug-likeness (QED) is 0.656. The van der Waals surface area contributed by atoms with Gasteiger partial charge in [-0.3, -0.25) is 4.79 Å². The van der Waals surface area contributed by atoms with Gasteiger partial charge in [-0.15, -0.1) is 0 Å². The van der Waals surface area contributed by atoms with Crippen molar-refractivity contribution in [2.45, 2.75) is 13.3 Å². The van der Waals surface area contributed by atoms with Crippen LogP contribution >= 0.6 is 0 Å². The molecule has 0 saturated carbocycles. The lowest BCUT2D eigenvalue weighted by molar-refractivity contribution is -0.146. The van der Waals surface area contributed by atoms with Crippen LogP contribution in [-0.4, -0.2) is 19.7 Å². The fourth-order valence-electron chi connectivity index (χ4n) is 1.84. The number of hydrogen-bond acceptors (Lipinski definition) is 3. The molecule has 1 aliphatic rings. The van der Waals surface area contributed by atoms with Gasteiger partial charge in [-0.1, -0.05) is 17.7 Å². The summed E-state index contributed by atoms with van der Waals surface area (Å²) in [6.07, 6.45) is 0.712. The van der Waals surface area contributed by atoms with Gasteiger partial charge in [-0.05, 0) is 25.0 Å². The molecule has 3 nitrogen and oxygen atoms in total. The van der Waals surface area contributed by atoms with E-state index in [1.54, 1.807) is 0 Å². The van der Waals surface area contributed by atoms with Crippen LogP contribution in [0.3, 0.4) is 0 Å². The van der Waals surface area contributed by atoms with E-state index in [1.165, 1.54) is 12.7 Å². The van der Waals surface area contributed by atoms with Crippen LogP contribution in [-0.2, 0) is 16.0 Å². The summed E-state index contributed by atoms with van der Waals surface area (Å²) in [5.74, 6) is 0.534. The number of rotatable bonds is 1. The van der Waals surface area contributed by atoms with Crippen LogP contribution in [0.2, 0.25) is 0 Å². The van der Waals surface area contributed by atoms with E-state index in [4.69, 9.17) is 9.47 Å².